The fourth-order valence-corrected chi connectivity index (χ4v) is 7.13. The molecule has 37 heavy (non-hydrogen) atoms. The molecule has 2 unspecified atom stereocenters. The highest BCUT2D eigenvalue weighted by atomic mass is 16.5. The molecule has 0 aromatic heterocycles. The van der Waals surface area contributed by atoms with Crippen LogP contribution in [0.2, 0.25) is 0 Å². The van der Waals surface area contributed by atoms with Gasteiger partial charge >= 0.3 is 0 Å². The second-order valence-corrected chi connectivity index (χ2v) is 11.6. The van der Waals surface area contributed by atoms with Crippen LogP contribution in [0.25, 0.3) is 0 Å². The minimum Gasteiger partial charge on any atom is -0.394 e. The highest BCUT2D eigenvalue weighted by Gasteiger charge is 2.79. The summed E-state index contributed by atoms with van der Waals surface area (Å²) in [4.78, 5) is 43.5. The molecule has 1 aromatic carbocycles. The van der Waals surface area contributed by atoms with Gasteiger partial charge in [-0.1, -0.05) is 45.9 Å². The van der Waals surface area contributed by atoms with Crippen molar-refractivity contribution < 1.29 is 24.2 Å². The SMILES string of the molecule is CCCNC(=O)[C@@H]1[C@H]2C(=O)N([C@@H](CO)CC(C)C)C(C(=O)Nc3c(C)cccc3C)C23CC[C@@]1(CC)O3. The number of amides is 3. The number of carbonyl (C=O) groups excluding carboxylic acids is 3. The van der Waals surface area contributed by atoms with Gasteiger partial charge in [-0.05, 0) is 63.0 Å². The van der Waals surface area contributed by atoms with Crippen molar-refractivity contribution in [3.05, 3.63) is 29.3 Å². The maximum atomic E-state index is 14.3. The molecule has 3 saturated heterocycles. The number of likely N-dealkylation sites (tertiary alicyclic amines) is 1. The Morgan fingerprint density at radius 2 is 1.84 bits per heavy atom. The second-order valence-electron chi connectivity index (χ2n) is 11.6. The van der Waals surface area contributed by atoms with Gasteiger partial charge in [-0.25, -0.2) is 0 Å². The van der Waals surface area contributed by atoms with E-state index < -0.39 is 35.1 Å². The number of aliphatic hydroxyl groups is 1. The van der Waals surface area contributed by atoms with E-state index in [1.807, 2.05) is 59.7 Å². The third-order valence-corrected chi connectivity index (χ3v) is 8.78. The van der Waals surface area contributed by atoms with Crippen LogP contribution in [0.4, 0.5) is 5.69 Å². The van der Waals surface area contributed by atoms with Crippen molar-refractivity contribution in [1.82, 2.24) is 10.2 Å². The quantitative estimate of drug-likeness (QED) is 0.445. The van der Waals surface area contributed by atoms with E-state index in [-0.39, 0.29) is 30.2 Å². The molecule has 1 spiro atoms. The normalized spacial score (nSPS) is 31.1. The van der Waals surface area contributed by atoms with Crippen molar-refractivity contribution in [2.45, 2.75) is 96.9 Å². The molecule has 3 heterocycles. The number of ether oxygens (including phenoxy) is 1. The number of hydrogen-bond acceptors (Lipinski definition) is 5. The van der Waals surface area contributed by atoms with Gasteiger partial charge in [0.15, 0.2) is 0 Å². The number of nitrogens with zero attached hydrogens (tertiary/aromatic N) is 1. The third-order valence-electron chi connectivity index (χ3n) is 8.78. The molecule has 6 atom stereocenters. The molecule has 0 radical (unpaired) electrons. The summed E-state index contributed by atoms with van der Waals surface area (Å²) in [6.07, 6.45) is 3.06. The standard InChI is InChI=1S/C29H43N3O5/c1-7-14-30-25(34)21-22-27(36)32(20(16-33)15-17(3)4)24(29(22)13-12-28(21,8-2)37-29)26(35)31-23-18(5)10-9-11-19(23)6/h9-11,17,20-22,24,33H,7-8,12-16H2,1-6H3,(H,30,34)(H,31,35)/t20-,21+,22+,24?,28-,29?/m1/s1. The average molecular weight is 514 g/mol. The summed E-state index contributed by atoms with van der Waals surface area (Å²) < 4.78 is 6.80. The first-order valence-electron chi connectivity index (χ1n) is 13.8. The van der Waals surface area contributed by atoms with Crippen LogP contribution in [0.15, 0.2) is 18.2 Å². The summed E-state index contributed by atoms with van der Waals surface area (Å²) in [5.41, 5.74) is 0.704. The first-order chi connectivity index (χ1) is 17.6. The van der Waals surface area contributed by atoms with E-state index >= 15 is 0 Å². The van der Waals surface area contributed by atoms with Crippen molar-refractivity contribution in [2.24, 2.45) is 17.8 Å². The Labute approximate surface area is 220 Å². The number of para-hydroxylation sites is 1. The lowest BCUT2D eigenvalue weighted by Crippen LogP contribution is -2.56. The Bertz CT molecular complexity index is 1040. The molecule has 204 valence electrons. The van der Waals surface area contributed by atoms with Crippen LogP contribution in [-0.2, 0) is 19.1 Å². The topological polar surface area (TPSA) is 108 Å². The highest BCUT2D eigenvalue weighted by molar-refractivity contribution is 6.04. The van der Waals surface area contributed by atoms with E-state index in [1.165, 1.54) is 0 Å². The van der Waals surface area contributed by atoms with E-state index in [0.29, 0.717) is 32.2 Å². The minimum atomic E-state index is -1.10. The molecule has 3 aliphatic rings. The van der Waals surface area contributed by atoms with Gasteiger partial charge in [0.2, 0.25) is 17.7 Å². The molecular formula is C29H43N3O5. The number of rotatable bonds is 10. The lowest BCUT2D eigenvalue weighted by Gasteiger charge is -2.38. The van der Waals surface area contributed by atoms with Crippen LogP contribution in [0.5, 0.6) is 0 Å². The summed E-state index contributed by atoms with van der Waals surface area (Å²) in [6.45, 7) is 12.2. The first-order valence-corrected chi connectivity index (χ1v) is 13.8. The second kappa shape index (κ2) is 10.4. The number of benzene rings is 1. The molecular weight excluding hydrogens is 470 g/mol. The molecule has 8 heteroatoms. The van der Waals surface area contributed by atoms with Gasteiger partial charge in [0.1, 0.15) is 11.6 Å². The molecule has 8 nitrogen and oxygen atoms in total. The minimum absolute atomic E-state index is 0.177. The zero-order chi connectivity index (χ0) is 27.1. The summed E-state index contributed by atoms with van der Waals surface area (Å²) in [6, 6.07) is 4.35. The fourth-order valence-electron chi connectivity index (χ4n) is 7.13. The number of nitrogens with one attached hydrogen (secondary N) is 2. The number of aryl methyl sites for hydroxylation is 2. The highest BCUT2D eigenvalue weighted by Crippen LogP contribution is 2.64. The molecule has 3 N–H and O–H groups in total. The van der Waals surface area contributed by atoms with Crippen LogP contribution in [-0.4, -0.2) is 64.2 Å². The van der Waals surface area contributed by atoms with Crippen molar-refractivity contribution >= 4 is 23.4 Å². The zero-order valence-corrected chi connectivity index (χ0v) is 23.1. The Hall–Kier alpha value is -2.45. The molecule has 3 fully saturated rings. The fraction of sp³-hybridized carbons (Fsp3) is 0.690. The zero-order valence-electron chi connectivity index (χ0n) is 23.1. The summed E-state index contributed by atoms with van der Waals surface area (Å²) >= 11 is 0. The predicted octanol–water partition coefficient (Wildman–Crippen LogP) is 3.33. The molecule has 4 rings (SSSR count). The maximum absolute atomic E-state index is 14.3. The van der Waals surface area contributed by atoms with Gasteiger partial charge in [0.25, 0.3) is 0 Å². The van der Waals surface area contributed by atoms with Crippen LogP contribution >= 0.6 is 0 Å². The van der Waals surface area contributed by atoms with Crippen molar-refractivity contribution in [3.63, 3.8) is 0 Å². The van der Waals surface area contributed by atoms with Gasteiger partial charge in [-0.15, -0.1) is 0 Å². The average Bonchev–Trinajstić information content (AvgIpc) is 3.47. The Morgan fingerprint density at radius 1 is 1.16 bits per heavy atom. The van der Waals surface area contributed by atoms with Crippen LogP contribution in [0, 0.1) is 31.6 Å². The number of anilines is 1. The first kappa shape index (κ1) is 27.6. The maximum Gasteiger partial charge on any atom is 0.250 e. The van der Waals surface area contributed by atoms with E-state index in [4.69, 9.17) is 4.74 Å². The van der Waals surface area contributed by atoms with Gasteiger partial charge in [0, 0.05) is 12.2 Å². The molecule has 2 bridgehead atoms. The van der Waals surface area contributed by atoms with E-state index in [9.17, 15) is 19.5 Å². The summed E-state index contributed by atoms with van der Waals surface area (Å²) in [5.74, 6) is -1.97. The lowest BCUT2D eigenvalue weighted by molar-refractivity contribution is -0.149. The molecule has 3 aliphatic heterocycles. The lowest BCUT2D eigenvalue weighted by atomic mass is 9.65. The Morgan fingerprint density at radius 3 is 2.41 bits per heavy atom. The van der Waals surface area contributed by atoms with Crippen molar-refractivity contribution in [2.75, 3.05) is 18.5 Å². The molecule has 0 aliphatic carbocycles. The van der Waals surface area contributed by atoms with E-state index in [2.05, 4.69) is 10.6 Å². The third kappa shape index (κ3) is 4.36. The Kier molecular flexibility index (Phi) is 7.73. The van der Waals surface area contributed by atoms with Crippen molar-refractivity contribution in [1.29, 1.82) is 0 Å². The summed E-state index contributed by atoms with van der Waals surface area (Å²) in [5, 5.41) is 16.5. The number of hydrogen-bond donors (Lipinski definition) is 3. The predicted molar refractivity (Wildman–Crippen MR) is 142 cm³/mol. The van der Waals surface area contributed by atoms with E-state index in [1.54, 1.807) is 4.90 Å². The van der Waals surface area contributed by atoms with Gasteiger partial charge in [-0.2, -0.15) is 0 Å². The number of carbonyl (C=O) groups is 3. The number of aliphatic hydroxyl groups excluding tert-OH is 1. The largest absolute Gasteiger partial charge is 0.394 e. The number of fused-ring (bicyclic) bond motifs is 1. The van der Waals surface area contributed by atoms with Gasteiger partial charge in [0.05, 0.1) is 30.1 Å². The molecule has 3 amide bonds. The van der Waals surface area contributed by atoms with Crippen LogP contribution < -0.4 is 10.6 Å². The van der Waals surface area contributed by atoms with Gasteiger partial charge < -0.3 is 25.4 Å². The Balaban J connectivity index is 1.81. The summed E-state index contributed by atoms with van der Waals surface area (Å²) in [7, 11) is 0. The monoisotopic (exact) mass is 513 g/mol. The molecule has 1 aromatic rings. The molecule has 0 saturated carbocycles. The van der Waals surface area contributed by atoms with Crippen molar-refractivity contribution in [3.8, 4) is 0 Å². The van der Waals surface area contributed by atoms with E-state index in [0.717, 1.165) is 23.2 Å². The van der Waals surface area contributed by atoms with Crippen LogP contribution in [0.3, 0.4) is 0 Å². The van der Waals surface area contributed by atoms with Gasteiger partial charge in [-0.3, -0.25) is 14.4 Å². The smallest absolute Gasteiger partial charge is 0.250 e. The van der Waals surface area contributed by atoms with Crippen LogP contribution in [0.1, 0.15) is 70.9 Å².